The first-order chi connectivity index (χ1) is 17.5. The highest BCUT2D eigenvalue weighted by molar-refractivity contribution is 9.10. The van der Waals surface area contributed by atoms with Gasteiger partial charge < -0.3 is 10.2 Å². The Morgan fingerprint density at radius 2 is 1.57 bits per heavy atom. The van der Waals surface area contributed by atoms with Crippen molar-refractivity contribution < 1.29 is 18.0 Å². The summed E-state index contributed by atoms with van der Waals surface area (Å²) in [7, 11) is -4.09. The third-order valence-electron chi connectivity index (χ3n) is 5.78. The number of nitrogens with one attached hydrogen (secondary N) is 1. The smallest absolute Gasteiger partial charge is 0.264 e. The normalized spacial score (nSPS) is 12.2. The molecule has 0 aliphatic rings. The Morgan fingerprint density at radius 1 is 0.919 bits per heavy atom. The van der Waals surface area contributed by atoms with Crippen molar-refractivity contribution in [3.63, 3.8) is 0 Å². The van der Waals surface area contributed by atoms with Gasteiger partial charge in [-0.2, -0.15) is 0 Å². The predicted molar refractivity (Wildman–Crippen MR) is 150 cm³/mol. The molecule has 0 spiro atoms. The lowest BCUT2D eigenvalue weighted by Crippen LogP contribution is -2.52. The van der Waals surface area contributed by atoms with E-state index < -0.39 is 28.5 Å². The van der Waals surface area contributed by atoms with Gasteiger partial charge in [-0.15, -0.1) is 0 Å². The van der Waals surface area contributed by atoms with Crippen LogP contribution in [-0.4, -0.2) is 43.8 Å². The van der Waals surface area contributed by atoms with Crippen molar-refractivity contribution in [1.29, 1.82) is 0 Å². The fourth-order valence-corrected chi connectivity index (χ4v) is 5.56. The summed E-state index contributed by atoms with van der Waals surface area (Å²) in [5, 5.41) is 2.85. The molecule has 37 heavy (non-hydrogen) atoms. The number of benzene rings is 3. The van der Waals surface area contributed by atoms with E-state index in [1.165, 1.54) is 17.0 Å². The van der Waals surface area contributed by atoms with E-state index in [9.17, 15) is 18.0 Å². The maximum atomic E-state index is 13.8. The Labute approximate surface area is 227 Å². The molecule has 1 unspecified atom stereocenters. The van der Waals surface area contributed by atoms with Gasteiger partial charge in [0.1, 0.15) is 12.6 Å². The number of aryl methyl sites for hydroxylation is 1. The van der Waals surface area contributed by atoms with Crippen LogP contribution in [0.15, 0.2) is 88.2 Å². The predicted octanol–water partition coefficient (Wildman–Crippen LogP) is 4.89. The number of hydrogen-bond donors (Lipinski definition) is 1. The largest absolute Gasteiger partial charge is 0.352 e. The first-order valence-corrected chi connectivity index (χ1v) is 14.2. The highest BCUT2D eigenvalue weighted by Gasteiger charge is 2.32. The van der Waals surface area contributed by atoms with Gasteiger partial charge in [0.2, 0.25) is 11.8 Å². The first kappa shape index (κ1) is 28.4. The van der Waals surface area contributed by atoms with E-state index in [-0.39, 0.29) is 23.4 Å². The highest BCUT2D eigenvalue weighted by atomic mass is 79.9. The van der Waals surface area contributed by atoms with Gasteiger partial charge in [-0.05, 0) is 63.6 Å². The number of nitrogens with zero attached hydrogens (tertiary/aromatic N) is 2. The van der Waals surface area contributed by atoms with Crippen molar-refractivity contribution >= 4 is 43.5 Å². The molecule has 3 aromatic rings. The minimum atomic E-state index is -4.09. The Balaban J connectivity index is 2.02. The van der Waals surface area contributed by atoms with E-state index in [2.05, 4.69) is 21.2 Å². The van der Waals surface area contributed by atoms with Crippen LogP contribution in [0.1, 0.15) is 31.9 Å². The minimum Gasteiger partial charge on any atom is -0.352 e. The van der Waals surface area contributed by atoms with Crippen LogP contribution in [0.25, 0.3) is 0 Å². The molecule has 0 bridgehead atoms. The molecular weight excluding hydrogens is 554 g/mol. The highest BCUT2D eigenvalue weighted by Crippen LogP contribution is 2.27. The molecule has 0 fully saturated rings. The minimum absolute atomic E-state index is 0.0751. The van der Waals surface area contributed by atoms with E-state index in [0.29, 0.717) is 10.2 Å². The van der Waals surface area contributed by atoms with Gasteiger partial charge in [-0.3, -0.25) is 13.9 Å². The summed E-state index contributed by atoms with van der Waals surface area (Å²) in [4.78, 5) is 28.2. The zero-order valence-corrected chi connectivity index (χ0v) is 23.8. The fourth-order valence-electron chi connectivity index (χ4n) is 3.77. The number of amides is 2. The van der Waals surface area contributed by atoms with Gasteiger partial charge >= 0.3 is 0 Å². The summed E-state index contributed by atoms with van der Waals surface area (Å²) < 4.78 is 29.3. The molecule has 0 saturated heterocycles. The van der Waals surface area contributed by atoms with Gasteiger partial charge in [0.25, 0.3) is 10.0 Å². The second-order valence-electron chi connectivity index (χ2n) is 9.15. The third-order valence-corrected chi connectivity index (χ3v) is 8.06. The molecule has 3 aromatic carbocycles. The second kappa shape index (κ2) is 12.4. The molecule has 0 saturated carbocycles. The molecule has 0 aliphatic carbocycles. The molecule has 0 heterocycles. The third kappa shape index (κ3) is 7.42. The number of carbonyl (C=O) groups is 2. The van der Waals surface area contributed by atoms with Crippen LogP contribution in [0.5, 0.6) is 0 Å². The summed E-state index contributed by atoms with van der Waals surface area (Å²) in [5.74, 6) is -0.805. The average Bonchev–Trinajstić information content (AvgIpc) is 2.85. The maximum absolute atomic E-state index is 13.8. The Morgan fingerprint density at radius 3 is 2.16 bits per heavy atom. The molecule has 1 N–H and O–H groups in total. The van der Waals surface area contributed by atoms with Crippen molar-refractivity contribution in [2.24, 2.45) is 0 Å². The van der Waals surface area contributed by atoms with Crippen LogP contribution >= 0.6 is 15.9 Å². The summed E-state index contributed by atoms with van der Waals surface area (Å²) in [6.07, 6.45) is 0. The molecular formula is C28H32BrN3O4S. The van der Waals surface area contributed by atoms with Crippen LogP contribution < -0.4 is 9.62 Å². The molecule has 7 nitrogen and oxygen atoms in total. The van der Waals surface area contributed by atoms with Crippen molar-refractivity contribution in [2.45, 2.75) is 51.2 Å². The quantitative estimate of drug-likeness (QED) is 0.367. The second-order valence-corrected chi connectivity index (χ2v) is 11.9. The molecule has 2 amide bonds. The number of carbonyl (C=O) groups excluding carboxylic acids is 2. The lowest BCUT2D eigenvalue weighted by atomic mass is 10.1. The van der Waals surface area contributed by atoms with Crippen molar-refractivity contribution in [1.82, 2.24) is 10.2 Å². The summed E-state index contributed by atoms with van der Waals surface area (Å²) >= 11 is 3.40. The lowest BCUT2D eigenvalue weighted by Gasteiger charge is -2.32. The number of halogens is 1. The van der Waals surface area contributed by atoms with E-state index >= 15 is 0 Å². The molecule has 3 rings (SSSR count). The SMILES string of the molecule is Cc1ccc(S(=O)(=O)N(CC(=O)N(Cc2ccccc2)C(C)C(=O)NC(C)C)c2cccc(Br)c2)cc1. The molecule has 196 valence electrons. The zero-order chi connectivity index (χ0) is 27.2. The number of anilines is 1. The van der Waals surface area contributed by atoms with Crippen LogP contribution in [0, 0.1) is 6.92 Å². The van der Waals surface area contributed by atoms with Gasteiger partial charge in [0.05, 0.1) is 10.6 Å². The Hall–Kier alpha value is -3.17. The molecule has 9 heteroatoms. The van der Waals surface area contributed by atoms with E-state index in [1.54, 1.807) is 43.3 Å². The topological polar surface area (TPSA) is 86.8 Å². The van der Waals surface area contributed by atoms with Gasteiger partial charge in [-0.1, -0.05) is 70.0 Å². The number of hydrogen-bond acceptors (Lipinski definition) is 4. The zero-order valence-electron chi connectivity index (χ0n) is 21.4. The van der Waals surface area contributed by atoms with Crippen LogP contribution in [-0.2, 0) is 26.2 Å². The van der Waals surface area contributed by atoms with Gasteiger partial charge in [-0.25, -0.2) is 8.42 Å². The van der Waals surface area contributed by atoms with E-state index in [1.807, 2.05) is 51.1 Å². The Kier molecular flexibility index (Phi) is 9.50. The standard InChI is InChI=1S/C28H32BrN3O4S/c1-20(2)30-28(34)22(4)31(18-23-9-6-5-7-10-23)27(33)19-32(25-12-8-11-24(29)17-25)37(35,36)26-15-13-21(3)14-16-26/h5-17,20,22H,18-19H2,1-4H3,(H,30,34). The molecule has 1 atom stereocenters. The number of rotatable bonds is 10. The van der Waals surface area contributed by atoms with Crippen LogP contribution in [0.2, 0.25) is 0 Å². The number of sulfonamides is 1. The maximum Gasteiger partial charge on any atom is 0.264 e. The Bertz CT molecular complexity index is 1330. The van der Waals surface area contributed by atoms with Crippen molar-refractivity contribution in [3.05, 3.63) is 94.5 Å². The lowest BCUT2D eigenvalue weighted by molar-refractivity contribution is -0.139. The molecule has 0 radical (unpaired) electrons. The van der Waals surface area contributed by atoms with Gasteiger partial charge in [0, 0.05) is 17.1 Å². The summed E-state index contributed by atoms with van der Waals surface area (Å²) in [5.41, 5.74) is 2.08. The van der Waals surface area contributed by atoms with E-state index in [4.69, 9.17) is 0 Å². The fraction of sp³-hybridized carbons (Fsp3) is 0.286. The van der Waals surface area contributed by atoms with Crippen LogP contribution in [0.3, 0.4) is 0 Å². The average molecular weight is 587 g/mol. The first-order valence-electron chi connectivity index (χ1n) is 12.0. The monoisotopic (exact) mass is 585 g/mol. The van der Waals surface area contributed by atoms with Crippen molar-refractivity contribution in [2.75, 3.05) is 10.8 Å². The van der Waals surface area contributed by atoms with Crippen LogP contribution in [0.4, 0.5) is 5.69 Å². The van der Waals surface area contributed by atoms with Gasteiger partial charge in [0.15, 0.2) is 0 Å². The molecule has 0 aromatic heterocycles. The van der Waals surface area contributed by atoms with Crippen molar-refractivity contribution in [3.8, 4) is 0 Å². The molecule has 0 aliphatic heterocycles. The summed E-state index contributed by atoms with van der Waals surface area (Å²) in [6.45, 7) is 6.89. The summed E-state index contributed by atoms with van der Waals surface area (Å²) in [6, 6.07) is 21.6. The van der Waals surface area contributed by atoms with E-state index in [0.717, 1.165) is 15.4 Å².